The van der Waals surface area contributed by atoms with Gasteiger partial charge in [0.1, 0.15) is 23.4 Å². The number of aromatic nitrogens is 2. The van der Waals surface area contributed by atoms with E-state index in [-0.39, 0.29) is 30.3 Å². The van der Waals surface area contributed by atoms with Crippen LogP contribution in [0.2, 0.25) is 0 Å². The van der Waals surface area contributed by atoms with Crippen LogP contribution in [0, 0.1) is 11.6 Å². The van der Waals surface area contributed by atoms with Gasteiger partial charge in [-0.3, -0.25) is 4.79 Å². The van der Waals surface area contributed by atoms with Gasteiger partial charge >= 0.3 is 0 Å². The third-order valence-electron chi connectivity index (χ3n) is 4.83. The highest BCUT2D eigenvalue weighted by Crippen LogP contribution is 2.35. The van der Waals surface area contributed by atoms with Gasteiger partial charge in [0.25, 0.3) is 0 Å². The Labute approximate surface area is 166 Å². The molecule has 6 nitrogen and oxygen atoms in total. The molecule has 4 rings (SSSR count). The number of ether oxygens (including phenoxy) is 1. The lowest BCUT2D eigenvalue weighted by molar-refractivity contribution is -0.130. The van der Waals surface area contributed by atoms with Crippen molar-refractivity contribution in [2.24, 2.45) is 0 Å². The molecule has 1 atom stereocenters. The highest BCUT2D eigenvalue weighted by molar-refractivity contribution is 5.79. The van der Waals surface area contributed by atoms with Crippen LogP contribution in [0.25, 0.3) is 11.4 Å². The van der Waals surface area contributed by atoms with Crippen molar-refractivity contribution >= 4 is 5.91 Å². The molecule has 1 saturated heterocycles. The first-order valence-corrected chi connectivity index (χ1v) is 9.36. The van der Waals surface area contributed by atoms with Crippen LogP contribution in [0.1, 0.15) is 37.3 Å². The van der Waals surface area contributed by atoms with E-state index in [2.05, 4.69) is 10.1 Å². The van der Waals surface area contributed by atoms with E-state index >= 15 is 0 Å². The molecule has 1 amide bonds. The van der Waals surface area contributed by atoms with Crippen molar-refractivity contribution in [2.75, 3.05) is 6.61 Å². The summed E-state index contributed by atoms with van der Waals surface area (Å²) in [5, 5.41) is 4.03. The molecule has 1 aliphatic heterocycles. The first kappa shape index (κ1) is 19.0. The normalized spacial score (nSPS) is 16.4. The van der Waals surface area contributed by atoms with Crippen LogP contribution in [-0.2, 0) is 11.3 Å². The van der Waals surface area contributed by atoms with Crippen molar-refractivity contribution in [1.82, 2.24) is 15.0 Å². The summed E-state index contributed by atoms with van der Waals surface area (Å²) >= 11 is 0. The van der Waals surface area contributed by atoms with E-state index in [0.717, 1.165) is 18.2 Å². The minimum absolute atomic E-state index is 0.0691. The number of carbonyl (C=O) groups is 1. The molecule has 2 heterocycles. The van der Waals surface area contributed by atoms with E-state index in [1.165, 1.54) is 4.90 Å². The number of para-hydroxylation sites is 1. The molecule has 3 aromatic rings. The van der Waals surface area contributed by atoms with E-state index in [9.17, 15) is 13.6 Å². The third-order valence-corrected chi connectivity index (χ3v) is 4.83. The predicted octanol–water partition coefficient (Wildman–Crippen LogP) is 4.28. The zero-order valence-corrected chi connectivity index (χ0v) is 15.8. The second kappa shape index (κ2) is 7.98. The first-order chi connectivity index (χ1) is 14.1. The van der Waals surface area contributed by atoms with E-state index in [0.29, 0.717) is 30.2 Å². The van der Waals surface area contributed by atoms with Crippen molar-refractivity contribution in [1.29, 1.82) is 0 Å². The smallest absolute Gasteiger partial charge is 0.249 e. The maximum Gasteiger partial charge on any atom is 0.249 e. The Kier molecular flexibility index (Phi) is 5.24. The summed E-state index contributed by atoms with van der Waals surface area (Å²) in [5.41, 5.74) is 0.781. The molecule has 29 heavy (non-hydrogen) atoms. The number of hydrogen-bond donors (Lipinski definition) is 0. The second-order valence-electron chi connectivity index (χ2n) is 6.70. The third kappa shape index (κ3) is 3.83. The molecule has 1 aliphatic rings. The lowest BCUT2D eigenvalue weighted by Crippen LogP contribution is -2.27. The summed E-state index contributed by atoms with van der Waals surface area (Å²) in [6.45, 7) is 2.30. The molecule has 0 bridgehead atoms. The van der Waals surface area contributed by atoms with Gasteiger partial charge in [-0.1, -0.05) is 17.3 Å². The van der Waals surface area contributed by atoms with Crippen LogP contribution in [-0.4, -0.2) is 27.6 Å². The number of carbonyl (C=O) groups excluding carboxylic acids is 1. The molecule has 0 spiro atoms. The highest BCUT2D eigenvalue weighted by Gasteiger charge is 2.36. The quantitative estimate of drug-likeness (QED) is 0.619. The van der Waals surface area contributed by atoms with Crippen LogP contribution in [0.3, 0.4) is 0 Å². The molecule has 0 saturated carbocycles. The van der Waals surface area contributed by atoms with E-state index in [1.54, 1.807) is 0 Å². The average Bonchev–Trinajstić information content (AvgIpc) is 3.33. The Morgan fingerprint density at radius 2 is 2.07 bits per heavy atom. The minimum Gasteiger partial charge on any atom is -0.493 e. The summed E-state index contributed by atoms with van der Waals surface area (Å²) in [6.07, 6.45) is 0.735. The van der Waals surface area contributed by atoms with Gasteiger partial charge in [0.15, 0.2) is 0 Å². The molecule has 0 aliphatic carbocycles. The zero-order valence-electron chi connectivity index (χ0n) is 15.8. The Morgan fingerprint density at radius 3 is 2.90 bits per heavy atom. The fraction of sp³-hybridized carbons (Fsp3) is 0.286. The van der Waals surface area contributed by atoms with Gasteiger partial charge in [-0.25, -0.2) is 8.78 Å². The molecule has 0 N–H and O–H groups in total. The largest absolute Gasteiger partial charge is 0.493 e. The van der Waals surface area contributed by atoms with Gasteiger partial charge in [0, 0.05) is 18.5 Å². The number of halogens is 2. The number of amides is 1. The number of likely N-dealkylation sites (tertiary alicyclic amines) is 1. The average molecular weight is 399 g/mol. The number of hydrogen-bond acceptors (Lipinski definition) is 5. The summed E-state index contributed by atoms with van der Waals surface area (Å²) < 4.78 is 38.6. The van der Waals surface area contributed by atoms with Gasteiger partial charge in [-0.05, 0) is 43.7 Å². The summed E-state index contributed by atoms with van der Waals surface area (Å²) in [6, 6.07) is 10.0. The van der Waals surface area contributed by atoms with Gasteiger partial charge < -0.3 is 14.2 Å². The Balaban J connectivity index is 1.61. The summed E-state index contributed by atoms with van der Waals surface area (Å²) in [7, 11) is 0. The molecule has 2 aromatic carbocycles. The fourth-order valence-corrected chi connectivity index (χ4v) is 3.45. The Morgan fingerprint density at radius 1 is 1.24 bits per heavy atom. The van der Waals surface area contributed by atoms with Crippen LogP contribution in [0.5, 0.6) is 5.75 Å². The maximum absolute atomic E-state index is 14.1. The second-order valence-corrected chi connectivity index (χ2v) is 6.70. The van der Waals surface area contributed by atoms with Gasteiger partial charge in [-0.2, -0.15) is 4.98 Å². The molecule has 1 aromatic heterocycles. The maximum atomic E-state index is 14.1. The topological polar surface area (TPSA) is 68.5 Å². The van der Waals surface area contributed by atoms with Crippen LogP contribution in [0.15, 0.2) is 47.0 Å². The lowest BCUT2D eigenvalue weighted by Gasteiger charge is -2.22. The molecule has 1 fully saturated rings. The highest BCUT2D eigenvalue weighted by atomic mass is 19.1. The molecule has 1 unspecified atom stereocenters. The fourth-order valence-electron chi connectivity index (χ4n) is 3.45. The van der Waals surface area contributed by atoms with Crippen molar-refractivity contribution < 1.29 is 22.8 Å². The SMILES string of the molecule is CCOc1ccccc1-c1noc(C2CCC(=O)N2Cc2cc(F)ccc2F)n1. The molecule has 150 valence electrons. The number of nitrogens with zero attached hydrogens (tertiary/aromatic N) is 3. The van der Waals surface area contributed by atoms with Crippen molar-refractivity contribution in [3.8, 4) is 17.1 Å². The number of benzene rings is 2. The molecular formula is C21H19F2N3O3. The van der Waals surface area contributed by atoms with Crippen LogP contribution >= 0.6 is 0 Å². The van der Waals surface area contributed by atoms with Gasteiger partial charge in [0.05, 0.1) is 12.2 Å². The number of rotatable bonds is 6. The predicted molar refractivity (Wildman–Crippen MR) is 99.8 cm³/mol. The Bertz CT molecular complexity index is 1040. The molecule has 8 heteroatoms. The summed E-state index contributed by atoms with van der Waals surface area (Å²) in [5.74, 6) is -0.0650. The minimum atomic E-state index is -0.568. The van der Waals surface area contributed by atoms with Gasteiger partial charge in [0.2, 0.25) is 17.6 Å². The van der Waals surface area contributed by atoms with Crippen LogP contribution in [0.4, 0.5) is 8.78 Å². The van der Waals surface area contributed by atoms with Crippen LogP contribution < -0.4 is 4.74 Å². The first-order valence-electron chi connectivity index (χ1n) is 9.36. The lowest BCUT2D eigenvalue weighted by atomic mass is 10.1. The Hall–Kier alpha value is -3.29. The standard InChI is InChI=1S/C21H19F2N3O3/c1-2-28-18-6-4-3-5-15(18)20-24-21(29-25-20)17-9-10-19(27)26(17)12-13-11-14(22)7-8-16(13)23/h3-8,11,17H,2,9-10,12H2,1H3. The summed E-state index contributed by atoms with van der Waals surface area (Å²) in [4.78, 5) is 18.3. The molecule has 0 radical (unpaired) electrons. The van der Waals surface area contributed by atoms with Crippen molar-refractivity contribution in [3.63, 3.8) is 0 Å². The van der Waals surface area contributed by atoms with E-state index in [4.69, 9.17) is 9.26 Å². The van der Waals surface area contributed by atoms with Gasteiger partial charge in [-0.15, -0.1) is 0 Å². The zero-order chi connectivity index (χ0) is 20.4. The monoisotopic (exact) mass is 399 g/mol. The van der Waals surface area contributed by atoms with Crippen molar-refractivity contribution in [2.45, 2.75) is 32.4 Å². The molecular weight excluding hydrogens is 380 g/mol. The van der Waals surface area contributed by atoms with E-state index < -0.39 is 17.7 Å². The van der Waals surface area contributed by atoms with Crippen molar-refractivity contribution in [3.05, 3.63) is 65.6 Å². The van der Waals surface area contributed by atoms with E-state index in [1.807, 2.05) is 31.2 Å².